The lowest BCUT2D eigenvalue weighted by molar-refractivity contribution is 1.07. The van der Waals surface area contributed by atoms with Crippen LogP contribution in [0.4, 0.5) is 0 Å². The second kappa shape index (κ2) is 2.64. The third kappa shape index (κ3) is 1.04. The first kappa shape index (κ1) is 6.83. The molecule has 0 spiro atoms. The smallest absolute Gasteiger partial charge is 0.0451 e. The minimum Gasteiger partial charge on any atom is -0.252 e. The minimum absolute atomic E-state index is 0.401. The zero-order valence-corrected chi connectivity index (χ0v) is 6.82. The molecule has 1 N–H and O–H groups in total. The first-order valence-electron chi connectivity index (χ1n) is 3.51. The summed E-state index contributed by atoms with van der Waals surface area (Å²) in [5.74, 6) is 0. The zero-order valence-electron chi connectivity index (χ0n) is 6.00. The molecule has 0 aliphatic carbocycles. The lowest BCUT2D eigenvalue weighted by Crippen LogP contribution is -1.77. The van der Waals surface area contributed by atoms with Crippen LogP contribution < -0.4 is 5.73 Å². The molecule has 1 radical (unpaired) electrons. The Hall–Kier alpha value is -0.860. The van der Waals surface area contributed by atoms with Crippen molar-refractivity contribution < 1.29 is 0 Å². The van der Waals surface area contributed by atoms with Gasteiger partial charge in [-0.2, -0.15) is 0 Å². The second-order valence-corrected chi connectivity index (χ2v) is 3.39. The molecule has 1 aromatic heterocycles. The predicted molar refractivity (Wildman–Crippen MR) is 48.6 cm³/mol. The van der Waals surface area contributed by atoms with E-state index in [9.17, 15) is 0 Å². The molecular weight excluding hydrogens is 154 g/mol. The summed E-state index contributed by atoms with van der Waals surface area (Å²) in [7, 11) is 0. The van der Waals surface area contributed by atoms with Crippen molar-refractivity contribution in [1.29, 1.82) is 0 Å². The highest BCUT2D eigenvalue weighted by Gasteiger charge is 1.99. The first-order chi connectivity index (χ1) is 5.42. The van der Waals surface area contributed by atoms with Gasteiger partial charge in [0, 0.05) is 11.4 Å². The highest BCUT2D eigenvalue weighted by atomic mass is 32.1. The van der Waals surface area contributed by atoms with E-state index in [2.05, 4.69) is 17.5 Å². The molecule has 0 aliphatic rings. The molecule has 0 saturated heterocycles. The predicted octanol–water partition coefficient (Wildman–Crippen LogP) is 2.68. The van der Waals surface area contributed by atoms with Crippen LogP contribution >= 0.6 is 11.3 Å². The molecule has 0 fully saturated rings. The Balaban J connectivity index is 2.76. The van der Waals surface area contributed by atoms with Crippen LogP contribution in [0.5, 0.6) is 0 Å². The van der Waals surface area contributed by atoms with Gasteiger partial charge in [0.1, 0.15) is 0 Å². The molecule has 1 heterocycles. The van der Waals surface area contributed by atoms with Crippen LogP contribution in [0, 0.1) is 0 Å². The molecule has 0 unspecified atom stereocenters. The van der Waals surface area contributed by atoms with E-state index in [1.54, 1.807) is 11.3 Å². The van der Waals surface area contributed by atoms with Crippen molar-refractivity contribution in [3.8, 4) is 0 Å². The summed E-state index contributed by atoms with van der Waals surface area (Å²) < 4.78 is 0. The maximum Gasteiger partial charge on any atom is 0.0451 e. The van der Waals surface area contributed by atoms with Gasteiger partial charge in [0.05, 0.1) is 0 Å². The highest BCUT2D eigenvalue weighted by molar-refractivity contribution is 7.11. The Morgan fingerprint density at radius 3 is 2.91 bits per heavy atom. The molecule has 1 nitrogen and oxygen atoms in total. The minimum atomic E-state index is 0.401. The van der Waals surface area contributed by atoms with E-state index < -0.39 is 0 Å². The van der Waals surface area contributed by atoms with Crippen molar-refractivity contribution in [1.82, 2.24) is 5.73 Å². The van der Waals surface area contributed by atoms with Gasteiger partial charge >= 0.3 is 0 Å². The van der Waals surface area contributed by atoms with Crippen LogP contribution in [0.3, 0.4) is 0 Å². The van der Waals surface area contributed by atoms with Crippen molar-refractivity contribution in [2.75, 3.05) is 0 Å². The molecule has 2 rings (SSSR count). The SMILES string of the molecule is [NH]Cc1scc2ccccc12. The molecule has 0 atom stereocenters. The summed E-state index contributed by atoms with van der Waals surface area (Å²) in [5.41, 5.74) is 7.25. The fraction of sp³-hybridized carbons (Fsp3) is 0.111. The molecule has 1 aromatic carbocycles. The second-order valence-electron chi connectivity index (χ2n) is 2.42. The molecule has 2 aromatic rings. The highest BCUT2D eigenvalue weighted by Crippen LogP contribution is 2.24. The van der Waals surface area contributed by atoms with Crippen molar-refractivity contribution in [3.05, 3.63) is 34.5 Å². The van der Waals surface area contributed by atoms with Crippen molar-refractivity contribution in [3.63, 3.8) is 0 Å². The van der Waals surface area contributed by atoms with Gasteiger partial charge in [-0.3, -0.25) is 5.73 Å². The van der Waals surface area contributed by atoms with Crippen LogP contribution in [0.25, 0.3) is 10.8 Å². The average molecular weight is 162 g/mol. The summed E-state index contributed by atoms with van der Waals surface area (Å²) in [5, 5.41) is 4.62. The average Bonchev–Trinajstić information content (AvgIpc) is 2.47. The van der Waals surface area contributed by atoms with Crippen molar-refractivity contribution in [2.24, 2.45) is 0 Å². The molecule has 0 amide bonds. The van der Waals surface area contributed by atoms with Crippen LogP contribution in [0.2, 0.25) is 0 Å². The molecule has 2 heteroatoms. The molecule has 11 heavy (non-hydrogen) atoms. The van der Waals surface area contributed by atoms with Gasteiger partial charge in [0.25, 0.3) is 0 Å². The van der Waals surface area contributed by atoms with E-state index in [-0.39, 0.29) is 0 Å². The number of benzene rings is 1. The number of rotatable bonds is 1. The monoisotopic (exact) mass is 162 g/mol. The van der Waals surface area contributed by atoms with Gasteiger partial charge in [0.15, 0.2) is 0 Å². The van der Waals surface area contributed by atoms with Gasteiger partial charge in [-0.1, -0.05) is 24.3 Å². The standard InChI is InChI=1S/C9H8NS/c10-5-9-8-4-2-1-3-7(8)6-11-9/h1-4,6,10H,5H2. The van der Waals surface area contributed by atoms with Crippen molar-refractivity contribution in [2.45, 2.75) is 6.54 Å². The Bertz CT molecular complexity index is 364. The van der Waals surface area contributed by atoms with Gasteiger partial charge in [-0.25, -0.2) is 0 Å². The van der Waals surface area contributed by atoms with E-state index >= 15 is 0 Å². The van der Waals surface area contributed by atoms with E-state index in [0.29, 0.717) is 6.54 Å². The Kier molecular flexibility index (Phi) is 1.64. The van der Waals surface area contributed by atoms with E-state index in [4.69, 9.17) is 5.73 Å². The number of hydrogen-bond donors (Lipinski definition) is 0. The fourth-order valence-corrected chi connectivity index (χ4v) is 2.06. The zero-order chi connectivity index (χ0) is 7.68. The Labute approximate surface area is 69.5 Å². The van der Waals surface area contributed by atoms with Crippen molar-refractivity contribution >= 4 is 22.1 Å². The van der Waals surface area contributed by atoms with Gasteiger partial charge in [0.2, 0.25) is 0 Å². The van der Waals surface area contributed by atoms with Gasteiger partial charge in [-0.05, 0) is 16.2 Å². The van der Waals surface area contributed by atoms with Crippen LogP contribution in [-0.4, -0.2) is 0 Å². The Morgan fingerprint density at radius 2 is 2.09 bits per heavy atom. The topological polar surface area (TPSA) is 23.8 Å². The molecule has 55 valence electrons. The molecule has 0 saturated carbocycles. The summed E-state index contributed by atoms with van der Waals surface area (Å²) in [6.45, 7) is 0.401. The Morgan fingerprint density at radius 1 is 1.27 bits per heavy atom. The molecular formula is C9H8NS. The van der Waals surface area contributed by atoms with E-state index in [0.717, 1.165) is 0 Å². The number of fused-ring (bicyclic) bond motifs is 1. The third-order valence-electron chi connectivity index (χ3n) is 1.75. The van der Waals surface area contributed by atoms with Crippen LogP contribution in [0.15, 0.2) is 29.6 Å². The van der Waals surface area contributed by atoms with E-state index in [1.807, 2.05) is 12.1 Å². The summed E-state index contributed by atoms with van der Waals surface area (Å²) >= 11 is 1.68. The third-order valence-corrected chi connectivity index (χ3v) is 2.77. The summed E-state index contributed by atoms with van der Waals surface area (Å²) in [4.78, 5) is 1.17. The number of nitrogens with one attached hydrogen (secondary N) is 1. The van der Waals surface area contributed by atoms with Crippen LogP contribution in [0.1, 0.15) is 4.88 Å². The summed E-state index contributed by atoms with van der Waals surface area (Å²) in [6, 6.07) is 8.22. The maximum absolute atomic E-state index is 7.25. The lowest BCUT2D eigenvalue weighted by atomic mass is 10.2. The first-order valence-corrected chi connectivity index (χ1v) is 4.39. The lowest BCUT2D eigenvalue weighted by Gasteiger charge is -1.90. The fourth-order valence-electron chi connectivity index (χ4n) is 1.19. The number of hydrogen-bond acceptors (Lipinski definition) is 1. The van der Waals surface area contributed by atoms with Crippen LogP contribution in [-0.2, 0) is 6.54 Å². The quantitative estimate of drug-likeness (QED) is 0.615. The number of thiophene rings is 1. The van der Waals surface area contributed by atoms with Gasteiger partial charge < -0.3 is 0 Å². The largest absolute Gasteiger partial charge is 0.252 e. The molecule has 0 bridgehead atoms. The molecule has 0 aliphatic heterocycles. The maximum atomic E-state index is 7.25. The normalized spacial score (nSPS) is 10.6. The van der Waals surface area contributed by atoms with E-state index in [1.165, 1.54) is 15.6 Å². The summed E-state index contributed by atoms with van der Waals surface area (Å²) in [6.07, 6.45) is 0. The van der Waals surface area contributed by atoms with Gasteiger partial charge in [-0.15, -0.1) is 11.3 Å².